The van der Waals surface area contributed by atoms with Gasteiger partial charge in [-0.2, -0.15) is 13.2 Å². The molecule has 0 saturated heterocycles. The summed E-state index contributed by atoms with van der Waals surface area (Å²) < 4.78 is 39.2. The second-order valence-corrected chi connectivity index (χ2v) is 4.24. The van der Waals surface area contributed by atoms with Gasteiger partial charge in [0.2, 0.25) is 0 Å². The second-order valence-electron chi connectivity index (χ2n) is 4.24. The van der Waals surface area contributed by atoms with Gasteiger partial charge in [-0.25, -0.2) is 4.79 Å². The normalized spacial score (nSPS) is 10.9. The van der Waals surface area contributed by atoms with Gasteiger partial charge in [-0.15, -0.1) is 0 Å². The fourth-order valence-corrected chi connectivity index (χ4v) is 1.35. The fourth-order valence-electron chi connectivity index (χ4n) is 1.35. The first-order valence-corrected chi connectivity index (χ1v) is 6.10. The van der Waals surface area contributed by atoms with Crippen LogP contribution in [-0.4, -0.2) is 37.9 Å². The van der Waals surface area contributed by atoms with Gasteiger partial charge in [0.05, 0.1) is 0 Å². The van der Waals surface area contributed by atoms with Crippen LogP contribution in [0.3, 0.4) is 0 Å². The Hall–Kier alpha value is -2.25. The third kappa shape index (κ3) is 7.19. The molecule has 1 aromatic rings. The number of carbonyl (C=O) groups is 2. The Kier molecular flexibility index (Phi) is 6.01. The summed E-state index contributed by atoms with van der Waals surface area (Å²) in [6.07, 6.45) is -5.74. The molecule has 0 bridgehead atoms. The molecular weight excluding hydrogens is 289 g/mol. The first kappa shape index (κ1) is 16.8. The topological polar surface area (TPSA) is 67.4 Å². The third-order valence-corrected chi connectivity index (χ3v) is 2.36. The van der Waals surface area contributed by atoms with E-state index in [1.807, 2.05) is 6.92 Å². The molecule has 0 radical (unpaired) electrons. The molecule has 2 N–H and O–H groups in total. The molecule has 0 aromatic heterocycles. The first-order valence-electron chi connectivity index (χ1n) is 6.10. The Morgan fingerprint density at radius 3 is 2.24 bits per heavy atom. The van der Waals surface area contributed by atoms with E-state index in [-0.39, 0.29) is 19.0 Å². The average Bonchev–Trinajstić information content (AvgIpc) is 2.41. The van der Waals surface area contributed by atoms with Crippen LogP contribution in [0.25, 0.3) is 0 Å². The largest absolute Gasteiger partial charge is 0.440 e. The fraction of sp³-hybridized carbons (Fsp3) is 0.385. The lowest BCUT2D eigenvalue weighted by Crippen LogP contribution is -2.36. The molecular formula is C13H15F3N2O3. The van der Waals surface area contributed by atoms with Crippen molar-refractivity contribution in [1.29, 1.82) is 0 Å². The van der Waals surface area contributed by atoms with Crippen LogP contribution < -0.4 is 10.6 Å². The molecule has 0 unspecified atom stereocenters. The minimum Gasteiger partial charge on any atom is -0.440 e. The van der Waals surface area contributed by atoms with Gasteiger partial charge < -0.3 is 15.4 Å². The van der Waals surface area contributed by atoms with Gasteiger partial charge in [0, 0.05) is 18.7 Å². The van der Waals surface area contributed by atoms with Gasteiger partial charge in [0.1, 0.15) is 0 Å². The first-order chi connectivity index (χ1) is 9.78. The molecule has 0 fully saturated rings. The number of amides is 2. The number of rotatable bonds is 5. The summed E-state index contributed by atoms with van der Waals surface area (Å²) in [6.45, 7) is 0.287. The number of hydrogen-bond donors (Lipinski definition) is 2. The van der Waals surface area contributed by atoms with Gasteiger partial charge >= 0.3 is 12.3 Å². The number of ether oxygens (including phenoxy) is 1. The molecule has 0 saturated carbocycles. The van der Waals surface area contributed by atoms with Crippen LogP contribution in [0.15, 0.2) is 24.3 Å². The van der Waals surface area contributed by atoms with Crippen molar-refractivity contribution in [2.45, 2.75) is 13.1 Å². The number of alkyl carbamates (subject to hydrolysis) is 1. The molecule has 2 amide bonds. The zero-order valence-corrected chi connectivity index (χ0v) is 11.3. The highest BCUT2D eigenvalue weighted by molar-refractivity contribution is 5.94. The smallest absolute Gasteiger partial charge is 0.422 e. The Morgan fingerprint density at radius 2 is 1.67 bits per heavy atom. The Labute approximate surface area is 119 Å². The number of nitrogens with one attached hydrogen (secondary N) is 2. The highest BCUT2D eigenvalue weighted by Gasteiger charge is 2.29. The molecule has 1 rings (SSSR count). The van der Waals surface area contributed by atoms with Gasteiger partial charge in [-0.3, -0.25) is 4.79 Å². The van der Waals surface area contributed by atoms with Crippen molar-refractivity contribution in [2.75, 3.05) is 19.7 Å². The van der Waals surface area contributed by atoms with Gasteiger partial charge in [-0.1, -0.05) is 17.7 Å². The molecule has 0 atom stereocenters. The lowest BCUT2D eigenvalue weighted by Gasteiger charge is -2.09. The van der Waals surface area contributed by atoms with Crippen LogP contribution in [-0.2, 0) is 4.74 Å². The monoisotopic (exact) mass is 304 g/mol. The zero-order chi connectivity index (χ0) is 15.9. The van der Waals surface area contributed by atoms with E-state index in [9.17, 15) is 22.8 Å². The summed E-state index contributed by atoms with van der Waals surface area (Å²) in [4.78, 5) is 22.5. The standard InChI is InChI=1S/C13H15F3N2O3/c1-9-2-4-10(5-3-9)11(19)17-6-7-18-12(20)21-8-13(14,15)16/h2-5H,6-8H2,1H3,(H,17,19)(H,18,20). The highest BCUT2D eigenvalue weighted by atomic mass is 19.4. The lowest BCUT2D eigenvalue weighted by molar-refractivity contribution is -0.160. The number of aryl methyl sites for hydroxylation is 1. The molecule has 0 aliphatic carbocycles. The van der Waals surface area contributed by atoms with Crippen LogP contribution >= 0.6 is 0 Å². The molecule has 8 heteroatoms. The summed E-state index contributed by atoms with van der Waals surface area (Å²) in [6, 6.07) is 6.86. The number of hydrogen-bond acceptors (Lipinski definition) is 3. The van der Waals surface area contributed by atoms with Crippen LogP contribution in [0.5, 0.6) is 0 Å². The van der Waals surface area contributed by atoms with E-state index in [1.165, 1.54) is 0 Å². The van der Waals surface area contributed by atoms with E-state index in [2.05, 4.69) is 15.4 Å². The zero-order valence-electron chi connectivity index (χ0n) is 11.3. The van der Waals surface area contributed by atoms with Gasteiger partial charge in [0.15, 0.2) is 6.61 Å². The number of benzene rings is 1. The summed E-state index contributed by atoms with van der Waals surface area (Å²) in [5.41, 5.74) is 1.47. The maximum Gasteiger partial charge on any atom is 0.422 e. The van der Waals surface area contributed by atoms with Crippen molar-refractivity contribution in [2.24, 2.45) is 0 Å². The lowest BCUT2D eigenvalue weighted by atomic mass is 10.1. The summed E-state index contributed by atoms with van der Waals surface area (Å²) in [7, 11) is 0. The molecule has 0 aliphatic heterocycles. The summed E-state index contributed by atoms with van der Waals surface area (Å²) in [5, 5.41) is 4.61. The molecule has 116 valence electrons. The van der Waals surface area contributed by atoms with Crippen LogP contribution in [0.4, 0.5) is 18.0 Å². The molecule has 0 spiro atoms. The Bertz CT molecular complexity index is 486. The van der Waals surface area contributed by atoms with Crippen molar-refractivity contribution in [3.05, 3.63) is 35.4 Å². The van der Waals surface area contributed by atoms with Crippen molar-refractivity contribution >= 4 is 12.0 Å². The highest BCUT2D eigenvalue weighted by Crippen LogP contribution is 2.14. The summed E-state index contributed by atoms with van der Waals surface area (Å²) in [5.74, 6) is -0.333. The van der Waals surface area contributed by atoms with Gasteiger partial charge in [-0.05, 0) is 19.1 Å². The van der Waals surface area contributed by atoms with Crippen molar-refractivity contribution < 1.29 is 27.5 Å². The maximum absolute atomic E-state index is 11.8. The predicted molar refractivity (Wildman–Crippen MR) is 68.9 cm³/mol. The maximum atomic E-state index is 11.8. The summed E-state index contributed by atoms with van der Waals surface area (Å²) >= 11 is 0. The second kappa shape index (κ2) is 7.51. The van der Waals surface area contributed by atoms with Crippen LogP contribution in [0.1, 0.15) is 15.9 Å². The van der Waals surface area contributed by atoms with E-state index in [0.717, 1.165) is 5.56 Å². The minimum atomic E-state index is -4.56. The van der Waals surface area contributed by atoms with E-state index in [0.29, 0.717) is 5.56 Å². The quantitative estimate of drug-likeness (QED) is 0.818. The molecule has 0 heterocycles. The van der Waals surface area contributed by atoms with E-state index >= 15 is 0 Å². The van der Waals surface area contributed by atoms with Crippen molar-refractivity contribution in [3.63, 3.8) is 0 Å². The Morgan fingerprint density at radius 1 is 1.10 bits per heavy atom. The van der Waals surface area contributed by atoms with E-state index in [1.54, 1.807) is 24.3 Å². The molecule has 5 nitrogen and oxygen atoms in total. The third-order valence-electron chi connectivity index (χ3n) is 2.36. The molecule has 21 heavy (non-hydrogen) atoms. The minimum absolute atomic E-state index is 0.0334. The number of alkyl halides is 3. The number of halogens is 3. The van der Waals surface area contributed by atoms with Gasteiger partial charge in [0.25, 0.3) is 5.91 Å². The SMILES string of the molecule is Cc1ccc(C(=O)NCCNC(=O)OCC(F)(F)F)cc1. The van der Waals surface area contributed by atoms with Crippen LogP contribution in [0, 0.1) is 6.92 Å². The number of carbonyl (C=O) groups excluding carboxylic acids is 2. The Balaban J connectivity index is 2.20. The van der Waals surface area contributed by atoms with Crippen molar-refractivity contribution in [1.82, 2.24) is 10.6 Å². The predicted octanol–water partition coefficient (Wildman–Crippen LogP) is 2.01. The van der Waals surface area contributed by atoms with E-state index < -0.39 is 18.9 Å². The van der Waals surface area contributed by atoms with Crippen molar-refractivity contribution in [3.8, 4) is 0 Å². The molecule has 1 aromatic carbocycles. The average molecular weight is 304 g/mol. The van der Waals surface area contributed by atoms with Crippen LogP contribution in [0.2, 0.25) is 0 Å². The molecule has 0 aliphatic rings. The van der Waals surface area contributed by atoms with E-state index in [4.69, 9.17) is 0 Å².